The molecule has 0 fully saturated rings. The minimum Gasteiger partial charge on any atom is -0.297 e. The van der Waals surface area contributed by atoms with Gasteiger partial charge in [-0.1, -0.05) is 24.3 Å². The van der Waals surface area contributed by atoms with Crippen LogP contribution in [0.3, 0.4) is 0 Å². The van der Waals surface area contributed by atoms with Crippen LogP contribution >= 0.6 is 22.9 Å². The monoisotopic (exact) mass is 236 g/mol. The van der Waals surface area contributed by atoms with E-state index >= 15 is 0 Å². The molecule has 1 aromatic heterocycles. The molecule has 0 N–H and O–H groups in total. The number of benzene rings is 1. The minimum absolute atomic E-state index is 0.531. The summed E-state index contributed by atoms with van der Waals surface area (Å²) in [7, 11) is 0. The van der Waals surface area contributed by atoms with Crippen molar-refractivity contribution in [2.75, 3.05) is 0 Å². The smallest absolute Gasteiger partial charge is 0.160 e. The number of alkyl halides is 1. The van der Waals surface area contributed by atoms with Gasteiger partial charge >= 0.3 is 0 Å². The van der Waals surface area contributed by atoms with Crippen LogP contribution in [-0.2, 0) is 5.88 Å². The molecule has 0 aliphatic heterocycles. The fourth-order valence-corrected chi connectivity index (χ4v) is 2.25. The summed E-state index contributed by atoms with van der Waals surface area (Å²) in [5, 5.41) is 1.99. The molecule has 0 aliphatic carbocycles. The van der Waals surface area contributed by atoms with Crippen molar-refractivity contribution in [1.82, 2.24) is 0 Å². The van der Waals surface area contributed by atoms with Gasteiger partial charge in [0, 0.05) is 5.88 Å². The van der Waals surface area contributed by atoms with E-state index in [2.05, 4.69) is 0 Å². The van der Waals surface area contributed by atoms with E-state index in [0.717, 1.165) is 27.9 Å². The van der Waals surface area contributed by atoms with Crippen molar-refractivity contribution in [2.45, 2.75) is 5.88 Å². The number of carbonyl (C=O) groups is 1. The van der Waals surface area contributed by atoms with Gasteiger partial charge in [0.15, 0.2) is 6.29 Å². The maximum absolute atomic E-state index is 10.5. The average molecular weight is 237 g/mol. The molecule has 0 bridgehead atoms. The average Bonchev–Trinajstić information content (AvgIpc) is 2.78. The molecule has 0 saturated heterocycles. The molecule has 0 atom stereocenters. The summed E-state index contributed by atoms with van der Waals surface area (Å²) in [6, 6.07) is 9.94. The highest BCUT2D eigenvalue weighted by molar-refractivity contribution is 7.12. The lowest BCUT2D eigenvalue weighted by Crippen LogP contribution is -1.78. The zero-order valence-corrected chi connectivity index (χ0v) is 9.52. The fraction of sp³-hybridized carbons (Fsp3) is 0.0833. The van der Waals surface area contributed by atoms with E-state index in [1.54, 1.807) is 0 Å². The summed E-state index contributed by atoms with van der Waals surface area (Å²) in [5.41, 5.74) is 3.31. The molecule has 0 aliphatic rings. The molecule has 2 aromatic rings. The van der Waals surface area contributed by atoms with Crippen molar-refractivity contribution in [1.29, 1.82) is 0 Å². The number of carbonyl (C=O) groups excluding carboxylic acids is 1. The first-order valence-corrected chi connectivity index (χ1v) is 5.94. The highest BCUT2D eigenvalue weighted by Gasteiger charge is 2.01. The molecule has 1 aromatic carbocycles. The van der Waals surface area contributed by atoms with Crippen molar-refractivity contribution in [3.8, 4) is 11.1 Å². The third-order valence-corrected chi connectivity index (χ3v) is 3.34. The number of thiophene rings is 1. The number of hydrogen-bond donors (Lipinski definition) is 0. The first-order valence-electron chi connectivity index (χ1n) is 4.52. The quantitative estimate of drug-likeness (QED) is 0.582. The first kappa shape index (κ1) is 10.4. The normalized spacial score (nSPS) is 10.2. The number of halogens is 1. The van der Waals surface area contributed by atoms with E-state index in [-0.39, 0.29) is 0 Å². The largest absolute Gasteiger partial charge is 0.297 e. The zero-order valence-electron chi connectivity index (χ0n) is 7.94. The van der Waals surface area contributed by atoms with Crippen LogP contribution in [0.15, 0.2) is 35.7 Å². The van der Waals surface area contributed by atoms with Gasteiger partial charge < -0.3 is 0 Å². The van der Waals surface area contributed by atoms with Crippen molar-refractivity contribution in [3.63, 3.8) is 0 Å². The lowest BCUT2D eigenvalue weighted by Gasteiger charge is -1.98. The summed E-state index contributed by atoms with van der Waals surface area (Å²) in [6.45, 7) is 0. The van der Waals surface area contributed by atoms with Gasteiger partial charge in [-0.25, -0.2) is 0 Å². The van der Waals surface area contributed by atoms with Crippen molar-refractivity contribution in [3.05, 3.63) is 46.2 Å². The van der Waals surface area contributed by atoms with Gasteiger partial charge in [0.25, 0.3) is 0 Å². The van der Waals surface area contributed by atoms with Crippen LogP contribution in [0.25, 0.3) is 11.1 Å². The van der Waals surface area contributed by atoms with Crippen molar-refractivity contribution in [2.24, 2.45) is 0 Å². The number of aldehydes is 1. The standard InChI is InChI=1S/C12H9ClOS/c13-6-9-1-3-10(4-2-9)11-5-12(7-14)15-8-11/h1-5,7-8H,6H2. The third-order valence-electron chi connectivity index (χ3n) is 2.18. The van der Waals surface area contributed by atoms with Crippen molar-refractivity contribution < 1.29 is 4.79 Å². The van der Waals surface area contributed by atoms with Crippen LogP contribution in [0, 0.1) is 0 Å². The van der Waals surface area contributed by atoms with Gasteiger partial charge in [-0.3, -0.25) is 4.79 Å². The number of hydrogen-bond acceptors (Lipinski definition) is 2. The Bertz CT molecular complexity index is 459. The molecule has 0 spiro atoms. The summed E-state index contributed by atoms with van der Waals surface area (Å²) in [6.07, 6.45) is 0.876. The van der Waals surface area contributed by atoms with Gasteiger partial charge in [0.1, 0.15) is 0 Å². The van der Waals surface area contributed by atoms with Crippen LogP contribution in [0.4, 0.5) is 0 Å². The summed E-state index contributed by atoms with van der Waals surface area (Å²) < 4.78 is 0. The highest BCUT2D eigenvalue weighted by Crippen LogP contribution is 2.25. The molecular formula is C12H9ClOS. The van der Waals surface area contributed by atoms with E-state index in [1.807, 2.05) is 35.7 Å². The highest BCUT2D eigenvalue weighted by atomic mass is 35.5. The Morgan fingerprint density at radius 2 is 1.93 bits per heavy atom. The van der Waals surface area contributed by atoms with E-state index in [0.29, 0.717) is 5.88 Å². The van der Waals surface area contributed by atoms with Gasteiger partial charge in [0.2, 0.25) is 0 Å². The second-order valence-corrected chi connectivity index (χ2v) is 4.40. The molecule has 1 heterocycles. The van der Waals surface area contributed by atoms with Gasteiger partial charge in [-0.05, 0) is 28.1 Å². The lowest BCUT2D eigenvalue weighted by molar-refractivity contribution is 0.112. The Labute approximate surface area is 97.3 Å². The molecule has 3 heteroatoms. The lowest BCUT2D eigenvalue weighted by atomic mass is 10.1. The van der Waals surface area contributed by atoms with Gasteiger partial charge in [-0.2, -0.15) is 0 Å². The van der Waals surface area contributed by atoms with Crippen LogP contribution < -0.4 is 0 Å². The van der Waals surface area contributed by atoms with Gasteiger partial charge in [-0.15, -0.1) is 22.9 Å². The second-order valence-electron chi connectivity index (χ2n) is 3.19. The summed E-state index contributed by atoms with van der Waals surface area (Å²) in [4.78, 5) is 11.3. The molecule has 76 valence electrons. The van der Waals surface area contributed by atoms with E-state index in [9.17, 15) is 4.79 Å². The molecular weight excluding hydrogens is 228 g/mol. The van der Waals surface area contributed by atoms with E-state index in [1.165, 1.54) is 11.3 Å². The molecule has 0 unspecified atom stereocenters. The maximum atomic E-state index is 10.5. The van der Waals surface area contributed by atoms with Crippen LogP contribution in [0.5, 0.6) is 0 Å². The molecule has 15 heavy (non-hydrogen) atoms. The predicted molar refractivity (Wildman–Crippen MR) is 64.7 cm³/mol. The molecule has 2 rings (SSSR count). The van der Waals surface area contributed by atoms with Crippen molar-refractivity contribution >= 4 is 29.2 Å². The topological polar surface area (TPSA) is 17.1 Å². The summed E-state index contributed by atoms with van der Waals surface area (Å²) in [5.74, 6) is 0.531. The van der Waals surface area contributed by atoms with E-state index < -0.39 is 0 Å². The van der Waals surface area contributed by atoms with Crippen LogP contribution in [0.2, 0.25) is 0 Å². The predicted octanol–water partition coefficient (Wildman–Crippen LogP) is 3.97. The van der Waals surface area contributed by atoms with Crippen LogP contribution in [-0.4, -0.2) is 6.29 Å². The Hall–Kier alpha value is -1.12. The fourth-order valence-electron chi connectivity index (χ4n) is 1.35. The molecule has 1 nitrogen and oxygen atoms in total. The Balaban J connectivity index is 2.32. The molecule has 0 radical (unpaired) electrons. The first-order chi connectivity index (χ1) is 7.33. The second kappa shape index (κ2) is 4.60. The summed E-state index contributed by atoms with van der Waals surface area (Å²) >= 11 is 7.17. The Morgan fingerprint density at radius 1 is 1.20 bits per heavy atom. The molecule has 0 amide bonds. The van der Waals surface area contributed by atoms with Gasteiger partial charge in [0.05, 0.1) is 4.88 Å². The Kier molecular flexibility index (Phi) is 3.19. The molecule has 0 saturated carbocycles. The maximum Gasteiger partial charge on any atom is 0.160 e. The van der Waals surface area contributed by atoms with Crippen LogP contribution in [0.1, 0.15) is 15.2 Å². The third kappa shape index (κ3) is 2.28. The zero-order chi connectivity index (χ0) is 10.7. The van der Waals surface area contributed by atoms with E-state index in [4.69, 9.17) is 11.6 Å². The Morgan fingerprint density at radius 3 is 2.47 bits per heavy atom. The SMILES string of the molecule is O=Cc1cc(-c2ccc(CCl)cc2)cs1. The minimum atomic E-state index is 0.531. The number of rotatable bonds is 3.